The lowest BCUT2D eigenvalue weighted by atomic mass is 9.84. The van der Waals surface area contributed by atoms with E-state index in [0.717, 1.165) is 41.9 Å². The summed E-state index contributed by atoms with van der Waals surface area (Å²) in [5, 5.41) is 4.95. The third kappa shape index (κ3) is 4.56. The first-order valence-corrected chi connectivity index (χ1v) is 10.4. The van der Waals surface area contributed by atoms with E-state index >= 15 is 0 Å². The number of nitrogens with zero attached hydrogens (tertiary/aromatic N) is 2. The Hall–Kier alpha value is -2.53. The number of benzene rings is 2. The van der Waals surface area contributed by atoms with Crippen LogP contribution in [0.2, 0.25) is 5.02 Å². The molecule has 152 valence electrons. The van der Waals surface area contributed by atoms with E-state index in [-0.39, 0.29) is 17.9 Å². The minimum absolute atomic E-state index is 0.126. The quantitative estimate of drug-likeness (QED) is 0.664. The van der Waals surface area contributed by atoms with Crippen molar-refractivity contribution in [3.05, 3.63) is 64.7 Å². The third-order valence-electron chi connectivity index (χ3n) is 5.67. The molecule has 2 aromatic carbocycles. The van der Waals surface area contributed by atoms with E-state index in [9.17, 15) is 4.79 Å². The number of rotatable bonds is 7. The van der Waals surface area contributed by atoms with Crippen molar-refractivity contribution in [3.8, 4) is 5.75 Å². The number of methoxy groups -OCH3 is 1. The molecule has 2 aromatic rings. The smallest absolute Gasteiger partial charge is 0.226 e. The summed E-state index contributed by atoms with van der Waals surface area (Å²) in [6, 6.07) is 15.5. The van der Waals surface area contributed by atoms with Gasteiger partial charge >= 0.3 is 0 Å². The van der Waals surface area contributed by atoms with Crippen LogP contribution in [0.5, 0.6) is 5.75 Å². The Kier molecular flexibility index (Phi) is 6.05. The fraction of sp³-hybridized carbons (Fsp3) is 0.391. The Balaban J connectivity index is 1.43. The minimum atomic E-state index is -0.154. The van der Waals surface area contributed by atoms with Gasteiger partial charge in [-0.3, -0.25) is 4.79 Å². The standard InChI is InChI=1S/C23H25ClN2O3/c1-28-19-11-9-16(10-12-19)22-13-20(29-25-22)15-26(23(27)17-6-4-7-17)14-18-5-2-3-8-21(18)24/h2-3,5,8-12,17,20H,4,6-7,13-15H2,1H3. The highest BCUT2D eigenvalue weighted by Crippen LogP contribution is 2.30. The van der Waals surface area contributed by atoms with E-state index in [1.807, 2.05) is 53.4 Å². The van der Waals surface area contributed by atoms with Gasteiger partial charge in [-0.1, -0.05) is 41.4 Å². The number of amides is 1. The molecule has 0 aromatic heterocycles. The normalized spacial score (nSPS) is 18.6. The van der Waals surface area contributed by atoms with Crippen molar-refractivity contribution in [3.63, 3.8) is 0 Å². The van der Waals surface area contributed by atoms with E-state index in [1.54, 1.807) is 7.11 Å². The zero-order valence-electron chi connectivity index (χ0n) is 16.5. The number of carbonyl (C=O) groups excluding carboxylic acids is 1. The fourth-order valence-electron chi connectivity index (χ4n) is 3.70. The molecule has 1 saturated carbocycles. The molecule has 4 rings (SSSR count). The summed E-state index contributed by atoms with van der Waals surface area (Å²) >= 11 is 6.34. The molecule has 0 saturated heterocycles. The molecule has 0 radical (unpaired) electrons. The molecule has 1 heterocycles. The van der Waals surface area contributed by atoms with Crippen molar-refractivity contribution in [2.45, 2.75) is 38.3 Å². The van der Waals surface area contributed by atoms with Crippen molar-refractivity contribution < 1.29 is 14.4 Å². The molecule has 1 unspecified atom stereocenters. The Morgan fingerprint density at radius 1 is 1.21 bits per heavy atom. The highest BCUT2D eigenvalue weighted by Gasteiger charge is 2.33. The van der Waals surface area contributed by atoms with Crippen molar-refractivity contribution in [1.29, 1.82) is 0 Å². The van der Waals surface area contributed by atoms with Gasteiger partial charge in [0.1, 0.15) is 5.75 Å². The molecular weight excluding hydrogens is 388 g/mol. The van der Waals surface area contributed by atoms with E-state index in [4.69, 9.17) is 21.2 Å². The Morgan fingerprint density at radius 2 is 1.97 bits per heavy atom. The third-order valence-corrected chi connectivity index (χ3v) is 6.03. The van der Waals surface area contributed by atoms with Gasteiger partial charge in [-0.15, -0.1) is 0 Å². The van der Waals surface area contributed by atoms with Crippen LogP contribution < -0.4 is 4.74 Å². The molecule has 6 heteroatoms. The minimum Gasteiger partial charge on any atom is -0.497 e. The topological polar surface area (TPSA) is 51.1 Å². The lowest BCUT2D eigenvalue weighted by Gasteiger charge is -2.33. The summed E-state index contributed by atoms with van der Waals surface area (Å²) in [5.41, 5.74) is 2.86. The zero-order valence-corrected chi connectivity index (χ0v) is 17.3. The van der Waals surface area contributed by atoms with Gasteiger partial charge in [0.05, 0.1) is 19.4 Å². The van der Waals surface area contributed by atoms with E-state index in [1.165, 1.54) is 0 Å². The van der Waals surface area contributed by atoms with Gasteiger partial charge in [-0.25, -0.2) is 0 Å². The zero-order chi connectivity index (χ0) is 20.2. The second-order valence-corrected chi connectivity index (χ2v) is 8.04. The van der Waals surface area contributed by atoms with Crippen molar-refractivity contribution in [2.75, 3.05) is 13.7 Å². The second kappa shape index (κ2) is 8.87. The van der Waals surface area contributed by atoms with Gasteiger partial charge in [0.15, 0.2) is 6.10 Å². The molecule has 2 aliphatic rings. The summed E-state index contributed by atoms with van der Waals surface area (Å²) in [7, 11) is 1.65. The number of ether oxygens (including phenoxy) is 1. The molecular formula is C23H25ClN2O3. The first kappa shape index (κ1) is 19.8. The number of halogens is 1. The largest absolute Gasteiger partial charge is 0.497 e. The maximum Gasteiger partial charge on any atom is 0.226 e. The molecule has 29 heavy (non-hydrogen) atoms. The average Bonchev–Trinajstić information content (AvgIpc) is 3.16. The maximum atomic E-state index is 13.0. The summed E-state index contributed by atoms with van der Waals surface area (Å²) in [6.45, 7) is 0.996. The van der Waals surface area contributed by atoms with Gasteiger partial charge in [0, 0.05) is 23.9 Å². The van der Waals surface area contributed by atoms with Crippen molar-refractivity contribution in [1.82, 2.24) is 4.90 Å². The van der Waals surface area contributed by atoms with Crippen molar-refractivity contribution in [2.24, 2.45) is 11.1 Å². The van der Waals surface area contributed by atoms with Gasteiger partial charge in [0.25, 0.3) is 0 Å². The lowest BCUT2D eigenvalue weighted by Crippen LogP contribution is -2.42. The Bertz CT molecular complexity index is 893. The average molecular weight is 413 g/mol. The lowest BCUT2D eigenvalue weighted by molar-refractivity contribution is -0.140. The van der Waals surface area contributed by atoms with Crippen LogP contribution in [0.25, 0.3) is 0 Å². The van der Waals surface area contributed by atoms with Gasteiger partial charge in [0.2, 0.25) is 5.91 Å². The molecule has 1 fully saturated rings. The Morgan fingerprint density at radius 3 is 2.62 bits per heavy atom. The first-order chi connectivity index (χ1) is 14.1. The van der Waals surface area contributed by atoms with Gasteiger partial charge in [-0.05, 0) is 54.3 Å². The monoisotopic (exact) mass is 412 g/mol. The van der Waals surface area contributed by atoms with Crippen LogP contribution >= 0.6 is 11.6 Å². The Labute approximate surface area is 176 Å². The van der Waals surface area contributed by atoms with Crippen LogP contribution in [-0.4, -0.2) is 36.3 Å². The molecule has 1 aliphatic carbocycles. The highest BCUT2D eigenvalue weighted by atomic mass is 35.5. The van der Waals surface area contributed by atoms with Crippen LogP contribution in [0.4, 0.5) is 0 Å². The summed E-state index contributed by atoms with van der Waals surface area (Å²) in [4.78, 5) is 20.6. The predicted molar refractivity (Wildman–Crippen MR) is 113 cm³/mol. The van der Waals surface area contributed by atoms with Crippen molar-refractivity contribution >= 4 is 23.2 Å². The predicted octanol–water partition coefficient (Wildman–Crippen LogP) is 4.67. The van der Waals surface area contributed by atoms with Crippen LogP contribution in [0.15, 0.2) is 53.7 Å². The molecule has 1 amide bonds. The van der Waals surface area contributed by atoms with Crippen LogP contribution in [-0.2, 0) is 16.2 Å². The van der Waals surface area contributed by atoms with Crippen LogP contribution in [0.1, 0.15) is 36.8 Å². The second-order valence-electron chi connectivity index (χ2n) is 7.64. The van der Waals surface area contributed by atoms with Gasteiger partial charge < -0.3 is 14.5 Å². The number of oxime groups is 1. The van der Waals surface area contributed by atoms with E-state index in [2.05, 4.69) is 5.16 Å². The first-order valence-electron chi connectivity index (χ1n) is 10.0. The number of carbonyl (C=O) groups is 1. The number of hydrogen-bond donors (Lipinski definition) is 0. The fourth-order valence-corrected chi connectivity index (χ4v) is 3.90. The molecule has 0 bridgehead atoms. The summed E-state index contributed by atoms with van der Waals surface area (Å²) < 4.78 is 5.21. The number of hydrogen-bond acceptors (Lipinski definition) is 4. The van der Waals surface area contributed by atoms with E-state index < -0.39 is 0 Å². The maximum absolute atomic E-state index is 13.0. The molecule has 5 nitrogen and oxygen atoms in total. The summed E-state index contributed by atoms with van der Waals surface area (Å²) in [5.74, 6) is 1.13. The molecule has 0 N–H and O–H groups in total. The van der Waals surface area contributed by atoms with E-state index in [0.29, 0.717) is 24.5 Å². The van der Waals surface area contributed by atoms with Crippen LogP contribution in [0.3, 0.4) is 0 Å². The van der Waals surface area contributed by atoms with Crippen LogP contribution in [0, 0.1) is 5.92 Å². The molecule has 0 spiro atoms. The molecule has 1 atom stereocenters. The highest BCUT2D eigenvalue weighted by molar-refractivity contribution is 6.31. The summed E-state index contributed by atoms with van der Waals surface area (Å²) in [6.07, 6.45) is 3.58. The SMILES string of the molecule is COc1ccc(C2=NOC(CN(Cc3ccccc3Cl)C(=O)C3CCC3)C2)cc1. The van der Waals surface area contributed by atoms with Gasteiger partial charge in [-0.2, -0.15) is 0 Å². The molecule has 1 aliphatic heterocycles.